The summed E-state index contributed by atoms with van der Waals surface area (Å²) in [7, 11) is 0. The smallest absolute Gasteiger partial charge is 0.437 e. The molecule has 10 heteroatoms. The Morgan fingerprint density at radius 1 is 1.36 bits per heavy atom. The summed E-state index contributed by atoms with van der Waals surface area (Å²) in [6.45, 7) is 1.91. The average Bonchev–Trinajstić information content (AvgIpc) is 3.40. The number of carbonyl (C=O) groups excluding carboxylic acids is 1. The number of carbonyl (C=O) groups is 1. The van der Waals surface area contributed by atoms with E-state index in [2.05, 4.69) is 24.9 Å². The molecule has 7 nitrogen and oxygen atoms in total. The van der Waals surface area contributed by atoms with Crippen molar-refractivity contribution in [1.82, 2.24) is 20.4 Å². The van der Waals surface area contributed by atoms with Gasteiger partial charge in [-0.3, -0.25) is 4.79 Å². The number of oxazole rings is 1. The van der Waals surface area contributed by atoms with Gasteiger partial charge < -0.3 is 14.3 Å². The predicted octanol–water partition coefficient (Wildman–Crippen LogP) is 3.72. The van der Waals surface area contributed by atoms with Crippen molar-refractivity contribution in [3.05, 3.63) is 53.1 Å². The molecule has 28 heavy (non-hydrogen) atoms. The maximum absolute atomic E-state index is 12.9. The van der Waals surface area contributed by atoms with E-state index in [1.807, 2.05) is 19.1 Å². The minimum Gasteiger partial charge on any atom is -0.438 e. The first-order valence-corrected chi connectivity index (χ1v) is 8.64. The average molecular weight is 392 g/mol. The van der Waals surface area contributed by atoms with Crippen LogP contribution in [0.3, 0.4) is 0 Å². The van der Waals surface area contributed by atoms with Crippen LogP contribution in [0.1, 0.15) is 52.7 Å². The number of hydrogen-bond donors (Lipinski definition) is 1. The van der Waals surface area contributed by atoms with Crippen LogP contribution in [0.15, 0.2) is 33.5 Å². The van der Waals surface area contributed by atoms with Gasteiger partial charge in [0, 0.05) is 12.0 Å². The highest BCUT2D eigenvalue weighted by Gasteiger charge is 2.40. The van der Waals surface area contributed by atoms with Gasteiger partial charge in [-0.25, -0.2) is 4.98 Å². The summed E-state index contributed by atoms with van der Waals surface area (Å²) in [6.07, 6.45) is -2.29. The van der Waals surface area contributed by atoms with Crippen LogP contribution in [-0.4, -0.2) is 21.0 Å². The molecule has 1 aromatic carbocycles. The monoisotopic (exact) mass is 392 g/mol. The van der Waals surface area contributed by atoms with Gasteiger partial charge in [-0.2, -0.15) is 18.2 Å². The molecule has 1 aliphatic rings. The van der Waals surface area contributed by atoms with Gasteiger partial charge in [0.1, 0.15) is 0 Å². The number of nitrogens with one attached hydrogen (secondary N) is 1. The lowest BCUT2D eigenvalue weighted by atomic mass is 10.0. The first kappa shape index (κ1) is 18.2. The summed E-state index contributed by atoms with van der Waals surface area (Å²) < 4.78 is 48.5. The summed E-state index contributed by atoms with van der Waals surface area (Å²) in [5.41, 5.74) is 1.26. The van der Waals surface area contributed by atoms with E-state index >= 15 is 0 Å². The number of amides is 1. The van der Waals surface area contributed by atoms with Crippen LogP contribution in [-0.2, 0) is 19.0 Å². The van der Waals surface area contributed by atoms with Gasteiger partial charge in [0.25, 0.3) is 5.91 Å². The fourth-order valence-electron chi connectivity index (χ4n) is 3.26. The molecule has 0 bridgehead atoms. The van der Waals surface area contributed by atoms with E-state index in [-0.39, 0.29) is 0 Å². The summed E-state index contributed by atoms with van der Waals surface area (Å²) in [5.74, 6) is -0.772. The molecule has 4 rings (SSSR count). The fraction of sp³-hybridized carbons (Fsp3) is 0.333. The molecule has 0 saturated heterocycles. The Labute approximate surface area is 157 Å². The molecule has 0 aliphatic heterocycles. The molecule has 1 amide bonds. The first-order chi connectivity index (χ1) is 13.4. The van der Waals surface area contributed by atoms with Crippen molar-refractivity contribution in [3.8, 4) is 11.4 Å². The predicted molar refractivity (Wildman–Crippen MR) is 89.1 cm³/mol. The van der Waals surface area contributed by atoms with Crippen molar-refractivity contribution in [2.24, 2.45) is 0 Å². The van der Waals surface area contributed by atoms with Crippen LogP contribution in [0.4, 0.5) is 13.2 Å². The fourth-order valence-corrected chi connectivity index (χ4v) is 3.26. The highest BCUT2D eigenvalue weighted by molar-refractivity contribution is 5.93. The van der Waals surface area contributed by atoms with Crippen molar-refractivity contribution in [2.75, 3.05) is 0 Å². The van der Waals surface area contributed by atoms with E-state index in [0.717, 1.165) is 16.7 Å². The molecule has 1 unspecified atom stereocenters. The second-order valence-electron chi connectivity index (χ2n) is 6.37. The Morgan fingerprint density at radius 3 is 2.89 bits per heavy atom. The van der Waals surface area contributed by atoms with Gasteiger partial charge in [-0.05, 0) is 30.0 Å². The number of rotatable bonds is 4. The number of hydrogen-bond acceptors (Lipinski definition) is 6. The molecular formula is C18H15F3N4O3. The summed E-state index contributed by atoms with van der Waals surface area (Å²) in [4.78, 5) is 19.7. The summed E-state index contributed by atoms with van der Waals surface area (Å²) in [6, 6.07) is 5.10. The quantitative estimate of drug-likeness (QED) is 0.727. The molecule has 3 aromatic rings. The Hall–Kier alpha value is -3.17. The maximum atomic E-state index is 12.9. The molecule has 0 spiro atoms. The van der Waals surface area contributed by atoms with E-state index in [1.165, 1.54) is 0 Å². The molecule has 0 radical (unpaired) electrons. The third-order valence-electron chi connectivity index (χ3n) is 4.60. The topological polar surface area (TPSA) is 94.1 Å². The molecule has 1 atom stereocenters. The Kier molecular flexibility index (Phi) is 4.40. The number of alkyl halides is 3. The zero-order valence-corrected chi connectivity index (χ0v) is 14.7. The number of halogens is 3. The van der Waals surface area contributed by atoms with E-state index in [9.17, 15) is 18.0 Å². The van der Waals surface area contributed by atoms with Crippen molar-refractivity contribution in [3.63, 3.8) is 0 Å². The van der Waals surface area contributed by atoms with Gasteiger partial charge in [0.05, 0.1) is 6.04 Å². The minimum atomic E-state index is -4.76. The molecule has 0 fully saturated rings. The SMILES string of the molecule is CCc1nc(-c2ccc3c(c2)CCC3NC(=O)c2ocnc2C(F)(F)F)no1. The summed E-state index contributed by atoms with van der Waals surface area (Å²) in [5, 5.41) is 6.53. The highest BCUT2D eigenvalue weighted by Crippen LogP contribution is 2.35. The van der Waals surface area contributed by atoms with Crippen LogP contribution in [0.2, 0.25) is 0 Å². The molecule has 2 heterocycles. The second kappa shape index (κ2) is 6.77. The lowest BCUT2D eigenvalue weighted by molar-refractivity contribution is -0.141. The zero-order chi connectivity index (χ0) is 19.9. The third-order valence-corrected chi connectivity index (χ3v) is 4.60. The van der Waals surface area contributed by atoms with Crippen molar-refractivity contribution in [2.45, 2.75) is 38.4 Å². The van der Waals surface area contributed by atoms with E-state index < -0.39 is 29.6 Å². The molecule has 146 valence electrons. The van der Waals surface area contributed by atoms with Crippen LogP contribution in [0.25, 0.3) is 11.4 Å². The minimum absolute atomic E-state index is 0.417. The number of fused-ring (bicyclic) bond motifs is 1. The van der Waals surface area contributed by atoms with Gasteiger partial charge in [0.15, 0.2) is 12.1 Å². The Morgan fingerprint density at radius 2 is 2.18 bits per heavy atom. The largest absolute Gasteiger partial charge is 0.438 e. The van der Waals surface area contributed by atoms with E-state index in [0.29, 0.717) is 37.4 Å². The normalized spacial score (nSPS) is 16.2. The van der Waals surface area contributed by atoms with Gasteiger partial charge in [-0.15, -0.1) is 0 Å². The number of nitrogens with zero attached hydrogens (tertiary/aromatic N) is 3. The highest BCUT2D eigenvalue weighted by atomic mass is 19.4. The van der Waals surface area contributed by atoms with Gasteiger partial charge in [-0.1, -0.05) is 24.2 Å². The zero-order valence-electron chi connectivity index (χ0n) is 14.7. The molecule has 1 aliphatic carbocycles. The van der Waals surface area contributed by atoms with Gasteiger partial charge in [0.2, 0.25) is 17.5 Å². The molecule has 2 aromatic heterocycles. The van der Waals surface area contributed by atoms with Crippen molar-refractivity contribution < 1.29 is 26.9 Å². The molecule has 0 saturated carbocycles. The Balaban J connectivity index is 1.54. The van der Waals surface area contributed by atoms with E-state index in [4.69, 9.17) is 4.52 Å². The van der Waals surface area contributed by atoms with Crippen LogP contribution in [0.5, 0.6) is 0 Å². The van der Waals surface area contributed by atoms with Crippen molar-refractivity contribution >= 4 is 5.91 Å². The van der Waals surface area contributed by atoms with Crippen LogP contribution < -0.4 is 5.32 Å². The lowest BCUT2D eigenvalue weighted by Gasteiger charge is -2.14. The Bertz CT molecular complexity index is 1030. The standard InChI is InChI=1S/C18H15F3N4O3/c1-2-13-24-16(25-28-13)10-3-5-11-9(7-10)4-6-12(11)23-17(26)14-15(18(19,20)21)22-8-27-14/h3,5,7-8,12H,2,4,6H2,1H3,(H,23,26). The molecule has 1 N–H and O–H groups in total. The lowest BCUT2D eigenvalue weighted by Crippen LogP contribution is -2.28. The number of aryl methyl sites for hydroxylation is 2. The van der Waals surface area contributed by atoms with Crippen LogP contribution >= 0.6 is 0 Å². The second-order valence-corrected chi connectivity index (χ2v) is 6.37. The third kappa shape index (κ3) is 3.25. The summed E-state index contributed by atoms with van der Waals surface area (Å²) >= 11 is 0. The molecular weight excluding hydrogens is 377 g/mol. The number of aromatic nitrogens is 3. The maximum Gasteiger partial charge on any atom is 0.437 e. The number of benzene rings is 1. The van der Waals surface area contributed by atoms with Crippen molar-refractivity contribution in [1.29, 1.82) is 0 Å². The first-order valence-electron chi connectivity index (χ1n) is 8.64. The van der Waals surface area contributed by atoms with Crippen LogP contribution in [0, 0.1) is 0 Å². The van der Waals surface area contributed by atoms with E-state index in [1.54, 1.807) is 6.07 Å². The van der Waals surface area contributed by atoms with Gasteiger partial charge >= 0.3 is 6.18 Å².